The third kappa shape index (κ3) is 2.14. The second-order valence-corrected chi connectivity index (χ2v) is 5.75. The lowest BCUT2D eigenvalue weighted by Gasteiger charge is -2.33. The SMILES string of the molecule is CC(C1CCC1)n1c(CCCl)nc2c(F)cccc21. The summed E-state index contributed by atoms with van der Waals surface area (Å²) in [6.45, 7) is 2.22. The minimum atomic E-state index is -0.243. The van der Waals surface area contributed by atoms with E-state index in [1.165, 1.54) is 25.3 Å². The molecule has 1 unspecified atom stereocenters. The van der Waals surface area contributed by atoms with E-state index in [1.807, 2.05) is 6.07 Å². The van der Waals surface area contributed by atoms with Gasteiger partial charge in [0.15, 0.2) is 5.82 Å². The maximum Gasteiger partial charge on any atom is 0.151 e. The summed E-state index contributed by atoms with van der Waals surface area (Å²) in [5.41, 5.74) is 1.38. The number of fused-ring (bicyclic) bond motifs is 1. The number of benzene rings is 1. The molecule has 0 radical (unpaired) electrons. The standard InChI is InChI=1S/C15H18ClFN2/c1-10(11-4-2-5-11)19-13-7-3-6-12(17)15(13)18-14(19)8-9-16/h3,6-7,10-11H,2,4-5,8-9H2,1H3. The van der Waals surface area contributed by atoms with Crippen molar-refractivity contribution >= 4 is 22.6 Å². The van der Waals surface area contributed by atoms with Crippen LogP contribution >= 0.6 is 11.6 Å². The number of para-hydroxylation sites is 1. The Labute approximate surface area is 117 Å². The third-order valence-corrected chi connectivity index (χ3v) is 4.49. The number of nitrogens with zero attached hydrogens (tertiary/aromatic N) is 2. The Morgan fingerprint density at radius 3 is 2.89 bits per heavy atom. The van der Waals surface area contributed by atoms with Crippen LogP contribution in [0, 0.1) is 11.7 Å². The molecule has 1 atom stereocenters. The van der Waals surface area contributed by atoms with Crippen molar-refractivity contribution < 1.29 is 4.39 Å². The highest BCUT2D eigenvalue weighted by Gasteiger charge is 2.28. The average Bonchev–Trinajstić information content (AvgIpc) is 2.67. The van der Waals surface area contributed by atoms with E-state index < -0.39 is 0 Å². The second kappa shape index (κ2) is 5.12. The van der Waals surface area contributed by atoms with E-state index in [0.29, 0.717) is 29.8 Å². The zero-order chi connectivity index (χ0) is 13.4. The largest absolute Gasteiger partial charge is 0.325 e. The van der Waals surface area contributed by atoms with E-state index in [2.05, 4.69) is 16.5 Å². The predicted octanol–water partition coefficient (Wildman–Crippen LogP) is 4.32. The first-order valence-corrected chi connectivity index (χ1v) is 7.47. The lowest BCUT2D eigenvalue weighted by molar-refractivity contribution is 0.223. The first-order valence-electron chi connectivity index (χ1n) is 6.93. The molecule has 1 saturated carbocycles. The van der Waals surface area contributed by atoms with Crippen LogP contribution in [-0.2, 0) is 6.42 Å². The van der Waals surface area contributed by atoms with Crippen molar-refractivity contribution in [3.63, 3.8) is 0 Å². The zero-order valence-electron chi connectivity index (χ0n) is 11.1. The lowest BCUT2D eigenvalue weighted by atomic mass is 9.80. The summed E-state index contributed by atoms with van der Waals surface area (Å²) in [5, 5.41) is 0. The van der Waals surface area contributed by atoms with Gasteiger partial charge in [0.1, 0.15) is 11.3 Å². The van der Waals surface area contributed by atoms with E-state index >= 15 is 0 Å². The Balaban J connectivity index is 2.13. The van der Waals surface area contributed by atoms with Gasteiger partial charge in [-0.25, -0.2) is 9.37 Å². The van der Waals surface area contributed by atoms with Crippen LogP contribution in [0.4, 0.5) is 4.39 Å². The second-order valence-electron chi connectivity index (χ2n) is 5.38. The molecule has 1 aliphatic rings. The number of alkyl halides is 1. The molecule has 2 aromatic rings. The Morgan fingerprint density at radius 2 is 2.26 bits per heavy atom. The smallest absolute Gasteiger partial charge is 0.151 e. The molecule has 2 nitrogen and oxygen atoms in total. The fourth-order valence-corrected chi connectivity index (χ4v) is 3.15. The fourth-order valence-electron chi connectivity index (χ4n) is 2.98. The van der Waals surface area contributed by atoms with Gasteiger partial charge in [0.25, 0.3) is 0 Å². The van der Waals surface area contributed by atoms with Gasteiger partial charge in [0.05, 0.1) is 5.52 Å². The molecule has 0 amide bonds. The highest BCUT2D eigenvalue weighted by molar-refractivity contribution is 6.17. The van der Waals surface area contributed by atoms with Gasteiger partial charge in [-0.05, 0) is 37.8 Å². The molecule has 102 valence electrons. The van der Waals surface area contributed by atoms with Gasteiger partial charge in [-0.1, -0.05) is 12.5 Å². The van der Waals surface area contributed by atoms with Crippen LogP contribution in [0.5, 0.6) is 0 Å². The number of halogens is 2. The molecular formula is C15H18ClFN2. The Morgan fingerprint density at radius 1 is 1.47 bits per heavy atom. The average molecular weight is 281 g/mol. The molecule has 1 aliphatic carbocycles. The van der Waals surface area contributed by atoms with Crippen molar-refractivity contribution in [3.8, 4) is 0 Å². The minimum absolute atomic E-state index is 0.243. The van der Waals surface area contributed by atoms with Crippen molar-refractivity contribution in [2.45, 2.75) is 38.6 Å². The molecule has 4 heteroatoms. The molecule has 0 saturated heterocycles. The van der Waals surface area contributed by atoms with Crippen molar-refractivity contribution in [2.75, 3.05) is 5.88 Å². The van der Waals surface area contributed by atoms with Gasteiger partial charge in [0, 0.05) is 18.3 Å². The van der Waals surface area contributed by atoms with Crippen molar-refractivity contribution in [3.05, 3.63) is 29.8 Å². The number of aryl methyl sites for hydroxylation is 1. The van der Waals surface area contributed by atoms with Crippen LogP contribution in [0.25, 0.3) is 11.0 Å². The topological polar surface area (TPSA) is 17.8 Å². The van der Waals surface area contributed by atoms with Crippen molar-refractivity contribution in [1.82, 2.24) is 9.55 Å². The summed E-state index contributed by atoms with van der Waals surface area (Å²) in [7, 11) is 0. The van der Waals surface area contributed by atoms with Gasteiger partial charge in [0.2, 0.25) is 0 Å². The molecule has 1 heterocycles. The summed E-state index contributed by atoms with van der Waals surface area (Å²) in [4.78, 5) is 4.47. The van der Waals surface area contributed by atoms with E-state index in [1.54, 1.807) is 6.07 Å². The highest BCUT2D eigenvalue weighted by Crippen LogP contribution is 2.38. The molecule has 0 spiro atoms. The summed E-state index contributed by atoms with van der Waals surface area (Å²) < 4.78 is 16.1. The maximum atomic E-state index is 13.9. The van der Waals surface area contributed by atoms with Crippen molar-refractivity contribution in [1.29, 1.82) is 0 Å². The number of imidazole rings is 1. The highest BCUT2D eigenvalue weighted by atomic mass is 35.5. The van der Waals surface area contributed by atoms with E-state index in [9.17, 15) is 4.39 Å². The Bertz CT molecular complexity index is 589. The number of aromatic nitrogens is 2. The molecular weight excluding hydrogens is 263 g/mol. The monoisotopic (exact) mass is 280 g/mol. The summed E-state index contributed by atoms with van der Waals surface area (Å²) in [6.07, 6.45) is 4.51. The fraction of sp³-hybridized carbons (Fsp3) is 0.533. The molecule has 1 fully saturated rings. The zero-order valence-corrected chi connectivity index (χ0v) is 11.8. The molecule has 19 heavy (non-hydrogen) atoms. The molecule has 0 N–H and O–H groups in total. The Kier molecular flexibility index (Phi) is 3.48. The van der Waals surface area contributed by atoms with Crippen LogP contribution in [0.3, 0.4) is 0 Å². The van der Waals surface area contributed by atoms with E-state index in [-0.39, 0.29) is 5.82 Å². The summed E-state index contributed by atoms with van der Waals surface area (Å²) in [5.74, 6) is 1.87. The molecule has 1 aromatic carbocycles. The van der Waals surface area contributed by atoms with Gasteiger partial charge >= 0.3 is 0 Å². The van der Waals surface area contributed by atoms with Gasteiger partial charge in [-0.3, -0.25) is 0 Å². The first kappa shape index (κ1) is 12.9. The number of hydrogen-bond acceptors (Lipinski definition) is 1. The lowest BCUT2D eigenvalue weighted by Crippen LogP contribution is -2.24. The Hall–Kier alpha value is -1.09. The van der Waals surface area contributed by atoms with Crippen LogP contribution < -0.4 is 0 Å². The quantitative estimate of drug-likeness (QED) is 0.763. The van der Waals surface area contributed by atoms with Crippen LogP contribution in [0.1, 0.15) is 38.1 Å². The predicted molar refractivity (Wildman–Crippen MR) is 76.2 cm³/mol. The van der Waals surface area contributed by atoms with E-state index in [4.69, 9.17) is 11.6 Å². The van der Waals surface area contributed by atoms with Crippen LogP contribution in [0.15, 0.2) is 18.2 Å². The first-order chi connectivity index (χ1) is 9.22. The van der Waals surface area contributed by atoms with Crippen molar-refractivity contribution in [2.24, 2.45) is 5.92 Å². The normalized spacial score (nSPS) is 17.6. The summed E-state index contributed by atoms with van der Waals surface area (Å²) in [6, 6.07) is 5.56. The number of hydrogen-bond donors (Lipinski definition) is 0. The van der Waals surface area contributed by atoms with Gasteiger partial charge in [-0.2, -0.15) is 0 Å². The molecule has 1 aromatic heterocycles. The van der Waals surface area contributed by atoms with Crippen LogP contribution in [-0.4, -0.2) is 15.4 Å². The van der Waals surface area contributed by atoms with Gasteiger partial charge in [-0.15, -0.1) is 11.6 Å². The molecule has 3 rings (SSSR count). The maximum absolute atomic E-state index is 13.9. The minimum Gasteiger partial charge on any atom is -0.325 e. The number of rotatable bonds is 4. The summed E-state index contributed by atoms with van der Waals surface area (Å²) >= 11 is 5.86. The molecule has 0 bridgehead atoms. The molecule has 0 aliphatic heterocycles. The van der Waals surface area contributed by atoms with Crippen LogP contribution in [0.2, 0.25) is 0 Å². The van der Waals surface area contributed by atoms with E-state index in [0.717, 1.165) is 11.3 Å². The van der Waals surface area contributed by atoms with Gasteiger partial charge < -0.3 is 4.57 Å². The third-order valence-electron chi connectivity index (χ3n) is 4.30.